The Labute approximate surface area is 150 Å². The summed E-state index contributed by atoms with van der Waals surface area (Å²) in [6.45, 7) is 0. The monoisotopic (exact) mass is 354 g/mol. The average Bonchev–Trinajstić information content (AvgIpc) is 2.65. The van der Waals surface area contributed by atoms with Gasteiger partial charge in [-0.3, -0.25) is 9.59 Å². The van der Waals surface area contributed by atoms with E-state index in [2.05, 4.69) is 0 Å². The molecule has 6 heteroatoms. The predicted molar refractivity (Wildman–Crippen MR) is 93.7 cm³/mol. The normalized spacial score (nSPS) is 13.5. The number of carboxylic acid groups (broad SMARTS) is 2. The van der Waals surface area contributed by atoms with Gasteiger partial charge in [-0.05, 0) is 11.1 Å². The molecule has 0 bridgehead atoms. The van der Waals surface area contributed by atoms with E-state index in [1.54, 1.807) is 60.7 Å². The van der Waals surface area contributed by atoms with E-state index in [9.17, 15) is 24.6 Å². The fourth-order valence-electron chi connectivity index (χ4n) is 2.65. The highest BCUT2D eigenvalue weighted by molar-refractivity contribution is 5.99. The molecule has 6 nitrogen and oxygen atoms in total. The number of esters is 1. The molecule has 0 aliphatic rings. The summed E-state index contributed by atoms with van der Waals surface area (Å²) in [5, 5.41) is 19.2. The Kier molecular flexibility index (Phi) is 6.27. The minimum Gasteiger partial charge on any atom is -0.481 e. The molecule has 0 spiro atoms. The van der Waals surface area contributed by atoms with Crippen molar-refractivity contribution in [1.82, 2.24) is 0 Å². The number of hydrogen-bond acceptors (Lipinski definition) is 4. The Balaban J connectivity index is 2.61. The molecule has 2 unspecified atom stereocenters. The molecular weight excluding hydrogens is 336 g/mol. The van der Waals surface area contributed by atoms with Crippen molar-refractivity contribution < 1.29 is 29.3 Å². The number of rotatable bonds is 7. The van der Waals surface area contributed by atoms with Crippen LogP contribution in [0.25, 0.3) is 0 Å². The second kappa shape index (κ2) is 8.62. The van der Waals surface area contributed by atoms with Crippen LogP contribution in [0.3, 0.4) is 0 Å². The van der Waals surface area contributed by atoms with Gasteiger partial charge in [0.15, 0.2) is 0 Å². The molecule has 2 N–H and O–H groups in total. The van der Waals surface area contributed by atoms with Gasteiger partial charge in [-0.15, -0.1) is 0 Å². The van der Waals surface area contributed by atoms with Crippen LogP contribution in [-0.4, -0.2) is 35.2 Å². The predicted octanol–water partition coefficient (Wildman–Crippen LogP) is 2.82. The van der Waals surface area contributed by atoms with Crippen LogP contribution in [0.4, 0.5) is 0 Å². The summed E-state index contributed by atoms with van der Waals surface area (Å²) >= 11 is 0. The molecule has 0 saturated heterocycles. The lowest BCUT2D eigenvalue weighted by Gasteiger charge is -2.17. The highest BCUT2D eigenvalue weighted by Gasteiger charge is 2.32. The molecule has 2 atom stereocenters. The average molecular weight is 354 g/mol. The van der Waals surface area contributed by atoms with E-state index in [4.69, 9.17) is 4.74 Å². The molecule has 0 aromatic heterocycles. The molecule has 0 fully saturated rings. The van der Waals surface area contributed by atoms with Crippen molar-refractivity contribution in [2.75, 3.05) is 7.11 Å². The van der Waals surface area contributed by atoms with Gasteiger partial charge in [0.25, 0.3) is 0 Å². The zero-order chi connectivity index (χ0) is 19.1. The van der Waals surface area contributed by atoms with E-state index < -0.39 is 29.7 Å². The number of benzene rings is 2. The highest BCUT2D eigenvalue weighted by atomic mass is 16.5. The molecule has 0 saturated carbocycles. The van der Waals surface area contributed by atoms with Gasteiger partial charge in [0.1, 0.15) is 11.8 Å². The smallest absolute Gasteiger partial charge is 0.334 e. The van der Waals surface area contributed by atoms with Gasteiger partial charge in [-0.2, -0.15) is 0 Å². The van der Waals surface area contributed by atoms with Gasteiger partial charge in [0.05, 0.1) is 12.7 Å². The van der Waals surface area contributed by atoms with Crippen LogP contribution in [-0.2, 0) is 19.1 Å². The number of carbonyl (C=O) groups excluding carboxylic acids is 1. The third-order valence-electron chi connectivity index (χ3n) is 3.88. The minimum atomic E-state index is -1.34. The van der Waals surface area contributed by atoms with E-state index in [1.807, 2.05) is 0 Å². The Morgan fingerprint density at radius 2 is 1.35 bits per heavy atom. The topological polar surface area (TPSA) is 101 Å². The van der Waals surface area contributed by atoms with Crippen molar-refractivity contribution >= 4 is 17.9 Å². The molecular formula is C20H18O6. The molecule has 0 aliphatic carbocycles. The summed E-state index contributed by atoms with van der Waals surface area (Å²) in [5.74, 6) is -5.88. The molecule has 134 valence electrons. The first-order chi connectivity index (χ1) is 12.5. The summed E-state index contributed by atoms with van der Waals surface area (Å²) < 4.78 is 4.72. The van der Waals surface area contributed by atoms with E-state index in [1.165, 1.54) is 0 Å². The molecule has 2 aromatic carbocycles. The third kappa shape index (κ3) is 4.36. The number of hydrogen-bond donors (Lipinski definition) is 2. The standard InChI is InChI=1S/C20H18O6/c1-26-20(25)16(17(19(23)24)14-10-6-3-7-11-14)12-15(18(21)22)13-8-4-2-5-9-13/h2-12,15,17H,1H3,(H,21,22)(H,23,24). The van der Waals surface area contributed by atoms with E-state index in [0.717, 1.165) is 13.2 Å². The summed E-state index contributed by atoms with van der Waals surface area (Å²) in [4.78, 5) is 35.9. The fourth-order valence-corrected chi connectivity index (χ4v) is 2.65. The number of carbonyl (C=O) groups is 3. The van der Waals surface area contributed by atoms with E-state index in [-0.39, 0.29) is 5.57 Å². The first kappa shape index (κ1) is 18.9. The summed E-state index contributed by atoms with van der Waals surface area (Å²) in [6.07, 6.45) is 1.15. The Morgan fingerprint density at radius 3 is 1.77 bits per heavy atom. The summed E-state index contributed by atoms with van der Waals surface area (Å²) in [7, 11) is 1.12. The highest BCUT2D eigenvalue weighted by Crippen LogP contribution is 2.29. The van der Waals surface area contributed by atoms with Crippen LogP contribution in [0.2, 0.25) is 0 Å². The summed E-state index contributed by atoms with van der Waals surface area (Å²) in [5.41, 5.74) is 0.551. The maximum atomic E-state index is 12.3. The van der Waals surface area contributed by atoms with Crippen molar-refractivity contribution in [3.63, 3.8) is 0 Å². The van der Waals surface area contributed by atoms with E-state index >= 15 is 0 Å². The lowest BCUT2D eigenvalue weighted by molar-refractivity contribution is -0.142. The molecule has 0 radical (unpaired) electrons. The van der Waals surface area contributed by atoms with Crippen LogP contribution in [0.15, 0.2) is 72.3 Å². The van der Waals surface area contributed by atoms with Crippen LogP contribution in [0.1, 0.15) is 23.0 Å². The molecule has 0 amide bonds. The number of carboxylic acids is 2. The van der Waals surface area contributed by atoms with Crippen LogP contribution >= 0.6 is 0 Å². The van der Waals surface area contributed by atoms with Gasteiger partial charge >= 0.3 is 17.9 Å². The number of methoxy groups -OCH3 is 1. The van der Waals surface area contributed by atoms with Crippen LogP contribution < -0.4 is 0 Å². The fraction of sp³-hybridized carbons (Fsp3) is 0.150. The van der Waals surface area contributed by atoms with Gasteiger partial charge in [0.2, 0.25) is 0 Å². The summed E-state index contributed by atoms with van der Waals surface area (Å²) in [6, 6.07) is 16.4. The zero-order valence-electron chi connectivity index (χ0n) is 14.0. The van der Waals surface area contributed by atoms with Crippen molar-refractivity contribution in [1.29, 1.82) is 0 Å². The largest absolute Gasteiger partial charge is 0.481 e. The Hall–Kier alpha value is -3.41. The minimum absolute atomic E-state index is 0.234. The maximum Gasteiger partial charge on any atom is 0.334 e. The van der Waals surface area contributed by atoms with Gasteiger partial charge in [-0.1, -0.05) is 66.7 Å². The van der Waals surface area contributed by atoms with Crippen LogP contribution in [0, 0.1) is 0 Å². The van der Waals surface area contributed by atoms with Crippen molar-refractivity contribution in [2.24, 2.45) is 0 Å². The first-order valence-electron chi connectivity index (χ1n) is 7.81. The Bertz CT molecular complexity index is 811. The number of ether oxygens (including phenoxy) is 1. The van der Waals surface area contributed by atoms with Crippen molar-refractivity contribution in [3.8, 4) is 0 Å². The first-order valence-corrected chi connectivity index (χ1v) is 7.81. The van der Waals surface area contributed by atoms with Gasteiger partial charge < -0.3 is 14.9 Å². The lowest BCUT2D eigenvalue weighted by Crippen LogP contribution is -2.22. The Morgan fingerprint density at radius 1 is 0.846 bits per heavy atom. The molecule has 2 rings (SSSR count). The van der Waals surface area contributed by atoms with Gasteiger partial charge in [0, 0.05) is 0 Å². The molecule has 0 heterocycles. The number of aliphatic carboxylic acids is 2. The van der Waals surface area contributed by atoms with E-state index in [0.29, 0.717) is 11.1 Å². The van der Waals surface area contributed by atoms with Crippen molar-refractivity contribution in [3.05, 3.63) is 83.4 Å². The maximum absolute atomic E-state index is 12.3. The quantitative estimate of drug-likeness (QED) is 0.586. The van der Waals surface area contributed by atoms with Crippen LogP contribution in [0.5, 0.6) is 0 Å². The molecule has 26 heavy (non-hydrogen) atoms. The third-order valence-corrected chi connectivity index (χ3v) is 3.88. The second-order valence-corrected chi connectivity index (χ2v) is 5.52. The second-order valence-electron chi connectivity index (χ2n) is 5.52. The van der Waals surface area contributed by atoms with Crippen molar-refractivity contribution in [2.45, 2.75) is 11.8 Å². The van der Waals surface area contributed by atoms with Gasteiger partial charge in [-0.25, -0.2) is 4.79 Å². The molecule has 0 aliphatic heterocycles. The zero-order valence-corrected chi connectivity index (χ0v) is 14.0. The lowest BCUT2D eigenvalue weighted by atomic mass is 9.87. The molecule has 2 aromatic rings. The SMILES string of the molecule is COC(=O)C(=CC(C(=O)O)c1ccccc1)C(C(=O)O)c1ccccc1.